The van der Waals surface area contributed by atoms with Gasteiger partial charge in [-0.05, 0) is 85.0 Å². The Morgan fingerprint density at radius 3 is 2.61 bits per heavy atom. The lowest BCUT2D eigenvalue weighted by Gasteiger charge is -2.33. The number of hydrogen-bond donors (Lipinski definition) is 1. The maximum Gasteiger partial charge on any atom is 0.253 e. The highest BCUT2D eigenvalue weighted by atomic mass is 35.5. The Balaban J connectivity index is 1.75. The topological polar surface area (TPSA) is 92.6 Å². The third kappa shape index (κ3) is 5.37. The van der Waals surface area contributed by atoms with Crippen LogP contribution in [-0.2, 0) is 18.6 Å². The van der Waals surface area contributed by atoms with Gasteiger partial charge in [0, 0.05) is 41.6 Å². The van der Waals surface area contributed by atoms with E-state index in [0.29, 0.717) is 29.5 Å². The molecule has 0 saturated carbocycles. The van der Waals surface area contributed by atoms with Gasteiger partial charge in [0.05, 0.1) is 5.54 Å². The fraction of sp³-hybridized carbons (Fsp3) is 0.276. The molecule has 0 saturated heterocycles. The largest absolute Gasteiger partial charge is 0.322 e. The Morgan fingerprint density at radius 2 is 1.87 bits per heavy atom. The number of nitrogens with zero attached hydrogens (tertiary/aromatic N) is 6. The van der Waals surface area contributed by atoms with Crippen molar-refractivity contribution in [3.8, 4) is 0 Å². The molecule has 194 valence electrons. The molecule has 0 aliphatic rings. The van der Waals surface area contributed by atoms with Crippen LogP contribution in [-0.4, -0.2) is 35.1 Å². The lowest BCUT2D eigenvalue weighted by atomic mass is 10.00. The summed E-state index contributed by atoms with van der Waals surface area (Å²) in [5.41, 5.74) is 3.77. The van der Waals surface area contributed by atoms with E-state index < -0.39 is 11.6 Å². The van der Waals surface area contributed by atoms with Crippen LogP contribution in [0.3, 0.4) is 0 Å². The molecular weight excluding hydrogens is 498 g/mol. The van der Waals surface area contributed by atoms with Gasteiger partial charge in [-0.2, -0.15) is 0 Å². The number of pyridine rings is 2. The number of rotatable bonds is 7. The maximum atomic E-state index is 13.7. The van der Waals surface area contributed by atoms with Gasteiger partial charge in [0.25, 0.3) is 5.56 Å². The summed E-state index contributed by atoms with van der Waals surface area (Å²) >= 11 is 6.63. The lowest BCUT2D eigenvalue weighted by Crippen LogP contribution is -2.37. The molecule has 9 heteroatoms. The molecule has 38 heavy (non-hydrogen) atoms. The molecule has 0 amide bonds. The molecule has 0 bridgehead atoms. The van der Waals surface area contributed by atoms with Crippen molar-refractivity contribution in [1.29, 1.82) is 0 Å². The Labute approximate surface area is 226 Å². The number of aromatic nitrogens is 6. The third-order valence-corrected chi connectivity index (χ3v) is 6.87. The maximum absolute atomic E-state index is 13.7. The lowest BCUT2D eigenvalue weighted by molar-refractivity contribution is 0.184. The number of tetrazole rings is 1. The molecule has 1 N–H and O–H groups in total. The number of H-pyrrole nitrogens is 1. The van der Waals surface area contributed by atoms with Crippen molar-refractivity contribution in [1.82, 2.24) is 35.1 Å². The van der Waals surface area contributed by atoms with E-state index in [-0.39, 0.29) is 5.56 Å². The number of benzene rings is 2. The molecule has 0 aliphatic heterocycles. The first-order valence-electron chi connectivity index (χ1n) is 12.5. The summed E-state index contributed by atoms with van der Waals surface area (Å²) in [5.74, 6) is 0.575. The summed E-state index contributed by atoms with van der Waals surface area (Å²) < 4.78 is 1.79. The first-order valence-corrected chi connectivity index (χ1v) is 12.9. The molecule has 0 aliphatic carbocycles. The molecular formula is C29H30ClN7O. The number of aryl methyl sites for hydroxylation is 1. The van der Waals surface area contributed by atoms with E-state index in [1.54, 1.807) is 10.9 Å². The minimum Gasteiger partial charge on any atom is -0.322 e. The second-order valence-electron chi connectivity index (χ2n) is 10.5. The molecule has 0 fully saturated rings. The second-order valence-corrected chi connectivity index (χ2v) is 10.9. The van der Waals surface area contributed by atoms with E-state index in [2.05, 4.69) is 36.5 Å². The van der Waals surface area contributed by atoms with Crippen LogP contribution < -0.4 is 5.56 Å². The van der Waals surface area contributed by atoms with E-state index in [9.17, 15) is 4.79 Å². The molecule has 2 aromatic carbocycles. The Bertz CT molecular complexity index is 1620. The minimum absolute atomic E-state index is 0.190. The molecule has 5 rings (SSSR count). The highest BCUT2D eigenvalue weighted by Gasteiger charge is 2.34. The SMILES string of the molecule is Cc1ccc2[nH]c(=O)c([C@H](c3nnnn3C(C)(C)C)N(Cc3cccnc3)Cc3ccccc3Cl)cc2c1. The van der Waals surface area contributed by atoms with E-state index in [0.717, 1.165) is 27.6 Å². The van der Waals surface area contributed by atoms with Gasteiger partial charge in [-0.15, -0.1) is 5.10 Å². The van der Waals surface area contributed by atoms with E-state index in [4.69, 9.17) is 11.6 Å². The molecule has 8 nitrogen and oxygen atoms in total. The molecule has 3 aromatic heterocycles. The number of halogens is 1. The first kappa shape index (κ1) is 25.8. The van der Waals surface area contributed by atoms with Crippen LogP contribution in [0.2, 0.25) is 5.02 Å². The number of nitrogens with one attached hydrogen (secondary N) is 1. The van der Waals surface area contributed by atoms with Gasteiger partial charge in [0.15, 0.2) is 5.82 Å². The van der Waals surface area contributed by atoms with Crippen molar-refractivity contribution < 1.29 is 0 Å². The summed E-state index contributed by atoms with van der Waals surface area (Å²) in [4.78, 5) is 23.3. The second kappa shape index (κ2) is 10.5. The van der Waals surface area contributed by atoms with Crippen LogP contribution in [0.25, 0.3) is 10.9 Å². The molecule has 0 radical (unpaired) electrons. The van der Waals surface area contributed by atoms with Gasteiger partial charge in [0.1, 0.15) is 6.04 Å². The first-order chi connectivity index (χ1) is 18.2. The smallest absolute Gasteiger partial charge is 0.253 e. The Hall–Kier alpha value is -3.88. The van der Waals surface area contributed by atoms with Crippen LogP contribution in [0.15, 0.2) is 77.9 Å². The van der Waals surface area contributed by atoms with E-state index in [1.807, 2.05) is 88.5 Å². The van der Waals surface area contributed by atoms with Gasteiger partial charge < -0.3 is 4.98 Å². The van der Waals surface area contributed by atoms with Crippen LogP contribution in [0.1, 0.15) is 54.9 Å². The van der Waals surface area contributed by atoms with Gasteiger partial charge in [-0.3, -0.25) is 14.7 Å². The zero-order valence-electron chi connectivity index (χ0n) is 21.9. The Kier molecular flexibility index (Phi) is 7.10. The van der Waals surface area contributed by atoms with E-state index >= 15 is 0 Å². The number of aromatic amines is 1. The monoisotopic (exact) mass is 527 g/mol. The van der Waals surface area contributed by atoms with Crippen molar-refractivity contribution in [2.45, 2.75) is 52.4 Å². The zero-order chi connectivity index (χ0) is 26.9. The van der Waals surface area contributed by atoms with Crippen LogP contribution >= 0.6 is 11.6 Å². The fourth-order valence-corrected chi connectivity index (χ4v) is 4.89. The predicted octanol–water partition coefficient (Wildman–Crippen LogP) is 5.42. The quantitative estimate of drug-likeness (QED) is 0.304. The summed E-state index contributed by atoms with van der Waals surface area (Å²) in [6.45, 7) is 9.10. The van der Waals surface area contributed by atoms with Crippen molar-refractivity contribution in [3.05, 3.63) is 117 Å². The highest BCUT2D eigenvalue weighted by Crippen LogP contribution is 2.33. The average molecular weight is 528 g/mol. The van der Waals surface area contributed by atoms with Crippen molar-refractivity contribution in [3.63, 3.8) is 0 Å². The fourth-order valence-electron chi connectivity index (χ4n) is 4.70. The van der Waals surface area contributed by atoms with Crippen molar-refractivity contribution in [2.75, 3.05) is 0 Å². The van der Waals surface area contributed by atoms with Crippen LogP contribution in [0.5, 0.6) is 0 Å². The van der Waals surface area contributed by atoms with Crippen LogP contribution in [0.4, 0.5) is 0 Å². The summed E-state index contributed by atoms with van der Waals surface area (Å²) in [6.07, 6.45) is 3.58. The molecule has 1 atom stereocenters. The summed E-state index contributed by atoms with van der Waals surface area (Å²) in [6, 6.07) is 19.0. The van der Waals surface area contributed by atoms with Gasteiger partial charge in [-0.25, -0.2) is 4.68 Å². The molecule has 5 aromatic rings. The Morgan fingerprint density at radius 1 is 1.05 bits per heavy atom. The summed E-state index contributed by atoms with van der Waals surface area (Å²) in [5, 5.41) is 14.5. The standard InChI is InChI=1S/C29H30ClN7O/c1-19-11-12-25-22(14-19)15-23(28(38)32-25)26(27-33-34-35-37(27)29(2,3)4)36(17-20-8-7-13-31-16-20)18-21-9-5-6-10-24(21)30/h5-16,26H,17-18H2,1-4H3,(H,32,38)/t26-/m1/s1. The summed E-state index contributed by atoms with van der Waals surface area (Å²) in [7, 11) is 0. The van der Waals surface area contributed by atoms with Gasteiger partial charge in [0.2, 0.25) is 0 Å². The number of hydrogen-bond acceptors (Lipinski definition) is 6. The van der Waals surface area contributed by atoms with Crippen molar-refractivity contribution >= 4 is 22.5 Å². The zero-order valence-corrected chi connectivity index (χ0v) is 22.6. The molecule has 3 heterocycles. The van der Waals surface area contributed by atoms with Crippen LogP contribution in [0, 0.1) is 6.92 Å². The average Bonchev–Trinajstić information content (AvgIpc) is 3.37. The van der Waals surface area contributed by atoms with E-state index in [1.165, 1.54) is 0 Å². The number of fused-ring (bicyclic) bond motifs is 1. The minimum atomic E-state index is -0.575. The normalized spacial score (nSPS) is 12.8. The van der Waals surface area contributed by atoms with Crippen molar-refractivity contribution in [2.24, 2.45) is 0 Å². The van der Waals surface area contributed by atoms with Gasteiger partial charge in [-0.1, -0.05) is 47.5 Å². The molecule has 0 spiro atoms. The highest BCUT2D eigenvalue weighted by molar-refractivity contribution is 6.31. The van der Waals surface area contributed by atoms with Gasteiger partial charge >= 0.3 is 0 Å². The molecule has 0 unspecified atom stereocenters. The third-order valence-electron chi connectivity index (χ3n) is 6.50. The predicted molar refractivity (Wildman–Crippen MR) is 149 cm³/mol.